The van der Waals surface area contributed by atoms with Crippen molar-refractivity contribution in [1.29, 1.82) is 0 Å². The molecule has 0 unspecified atom stereocenters. The maximum absolute atomic E-state index is 9.47. The van der Waals surface area contributed by atoms with Gasteiger partial charge in [0.05, 0.1) is 0 Å². The zero-order chi connectivity index (χ0) is 14.5. The molecule has 0 aliphatic heterocycles. The van der Waals surface area contributed by atoms with Crippen LogP contribution in [0, 0.1) is 0 Å². The van der Waals surface area contributed by atoms with E-state index in [0.717, 1.165) is 10.5 Å². The molecule has 2 aromatic rings. The molecule has 0 saturated carbocycles. The standard InChI is InChI=1S/C16H18ClOSSe/c1-20(2)11-12-5-3-4-6-15(12)19-16-8-7-14(17)9-13(16)10-18/h3-9,18H,10-11H2,1-2H3/q+1. The fourth-order valence-electron chi connectivity index (χ4n) is 1.92. The van der Waals surface area contributed by atoms with Crippen molar-refractivity contribution in [2.45, 2.75) is 33.4 Å². The van der Waals surface area contributed by atoms with Gasteiger partial charge in [-0.05, 0) is 0 Å². The van der Waals surface area contributed by atoms with Gasteiger partial charge in [0, 0.05) is 0 Å². The van der Waals surface area contributed by atoms with E-state index in [1.165, 1.54) is 15.8 Å². The molecule has 0 bridgehead atoms. The van der Waals surface area contributed by atoms with Crippen LogP contribution in [0.25, 0.3) is 0 Å². The Morgan fingerprint density at radius 2 is 1.75 bits per heavy atom. The Morgan fingerprint density at radius 1 is 1.05 bits per heavy atom. The quantitative estimate of drug-likeness (QED) is 0.759. The molecular weight excluding hydrogens is 355 g/mol. The predicted octanol–water partition coefficient (Wildman–Crippen LogP) is 4.82. The van der Waals surface area contributed by atoms with E-state index in [-0.39, 0.29) is 6.61 Å². The summed E-state index contributed by atoms with van der Waals surface area (Å²) in [5.41, 5.74) is 2.30. The summed E-state index contributed by atoms with van der Waals surface area (Å²) in [6, 6.07) is 14.2. The van der Waals surface area contributed by atoms with E-state index in [9.17, 15) is 5.11 Å². The van der Waals surface area contributed by atoms with Gasteiger partial charge < -0.3 is 0 Å². The van der Waals surface area contributed by atoms with Gasteiger partial charge in [0.1, 0.15) is 0 Å². The van der Waals surface area contributed by atoms with Gasteiger partial charge in [-0.3, -0.25) is 0 Å². The molecule has 1 nitrogen and oxygen atoms in total. The topological polar surface area (TPSA) is 20.2 Å². The molecule has 2 aromatic carbocycles. The molecule has 0 atom stereocenters. The van der Waals surface area contributed by atoms with Gasteiger partial charge in [-0.2, -0.15) is 0 Å². The summed E-state index contributed by atoms with van der Waals surface area (Å²) >= 11 is 7.18. The number of aliphatic hydroxyl groups excluding tert-OH is 1. The summed E-state index contributed by atoms with van der Waals surface area (Å²) in [6.07, 6.45) is 0. The number of benzene rings is 2. The third-order valence-corrected chi connectivity index (χ3v) is 6.16. The van der Waals surface area contributed by atoms with E-state index in [0.29, 0.717) is 5.02 Å². The molecule has 20 heavy (non-hydrogen) atoms. The van der Waals surface area contributed by atoms with Crippen molar-refractivity contribution in [3.63, 3.8) is 0 Å². The first-order valence-corrected chi connectivity index (χ1v) is 12.1. The number of rotatable bonds is 5. The summed E-state index contributed by atoms with van der Waals surface area (Å²) in [6.45, 7) is 0.0170. The van der Waals surface area contributed by atoms with E-state index in [1.807, 2.05) is 18.2 Å². The van der Waals surface area contributed by atoms with Crippen molar-refractivity contribution < 1.29 is 5.11 Å². The Kier molecular flexibility index (Phi) is 6.00. The Morgan fingerprint density at radius 3 is 2.45 bits per heavy atom. The first kappa shape index (κ1) is 15.9. The Bertz CT molecular complexity index is 586. The monoisotopic (exact) mass is 373 g/mol. The Hall–Kier alpha value is -0.441. The van der Waals surface area contributed by atoms with Crippen molar-refractivity contribution in [1.82, 2.24) is 0 Å². The number of halogens is 1. The summed E-state index contributed by atoms with van der Waals surface area (Å²) in [5.74, 6) is 4.70. The van der Waals surface area contributed by atoms with Crippen molar-refractivity contribution in [3.8, 4) is 0 Å². The van der Waals surface area contributed by atoms with E-state index < -0.39 is 13.9 Å². The molecule has 2 rings (SSSR count). The van der Waals surface area contributed by atoms with Crippen LogP contribution in [-0.4, -0.2) is 19.0 Å². The second kappa shape index (κ2) is 7.53. The fraction of sp³-hybridized carbons (Fsp3) is 0.250. The Labute approximate surface area is 134 Å². The van der Waals surface area contributed by atoms with E-state index in [2.05, 4.69) is 35.9 Å². The van der Waals surface area contributed by atoms with Gasteiger partial charge in [-0.15, -0.1) is 0 Å². The summed E-state index contributed by atoms with van der Waals surface area (Å²) in [7, 11) is 0. The van der Waals surface area contributed by atoms with Crippen LogP contribution in [0.15, 0.2) is 52.3 Å². The van der Waals surface area contributed by atoms with Crippen LogP contribution >= 0.6 is 23.4 Å². The average Bonchev–Trinajstić information content (AvgIpc) is 2.42. The van der Waals surface area contributed by atoms with Crippen LogP contribution in [0.1, 0.15) is 11.1 Å². The molecule has 0 aromatic heterocycles. The fourth-order valence-corrected chi connectivity index (χ4v) is 5.20. The van der Waals surface area contributed by atoms with Gasteiger partial charge in [0.2, 0.25) is 0 Å². The second-order valence-electron chi connectivity index (χ2n) is 4.75. The van der Waals surface area contributed by atoms with E-state index in [1.54, 1.807) is 11.8 Å². The first-order valence-electron chi connectivity index (χ1n) is 6.29. The van der Waals surface area contributed by atoms with Crippen LogP contribution in [0.5, 0.6) is 0 Å². The number of hydrogen-bond donors (Lipinski definition) is 1. The number of aliphatic hydroxyl groups is 1. The van der Waals surface area contributed by atoms with Gasteiger partial charge in [0.15, 0.2) is 0 Å². The number of hydrogen-bond acceptors (Lipinski definition) is 2. The molecule has 1 N–H and O–H groups in total. The zero-order valence-electron chi connectivity index (χ0n) is 11.6. The van der Waals surface area contributed by atoms with Crippen molar-refractivity contribution >= 4 is 37.3 Å². The molecule has 0 spiro atoms. The molecular formula is C16H18ClOSSe+. The minimum atomic E-state index is -0.518. The Balaban J connectivity index is 2.30. The van der Waals surface area contributed by atoms with Gasteiger partial charge in [-0.25, -0.2) is 0 Å². The molecule has 0 amide bonds. The van der Waals surface area contributed by atoms with Crippen LogP contribution in [-0.2, 0) is 11.9 Å². The normalized spacial score (nSPS) is 11.1. The zero-order valence-corrected chi connectivity index (χ0v) is 14.9. The van der Waals surface area contributed by atoms with Crippen LogP contribution in [0.4, 0.5) is 0 Å². The third-order valence-electron chi connectivity index (χ3n) is 2.83. The summed E-state index contributed by atoms with van der Waals surface area (Å²) < 4.78 is 0. The van der Waals surface area contributed by atoms with Crippen molar-refractivity contribution in [3.05, 3.63) is 58.6 Å². The summed E-state index contributed by atoms with van der Waals surface area (Å²) in [5, 5.41) is 11.3. The molecule has 0 saturated heterocycles. The van der Waals surface area contributed by atoms with E-state index in [4.69, 9.17) is 11.6 Å². The van der Waals surface area contributed by atoms with Crippen LogP contribution in [0.2, 0.25) is 16.7 Å². The molecule has 0 aliphatic rings. The van der Waals surface area contributed by atoms with Gasteiger partial charge >= 0.3 is 134 Å². The van der Waals surface area contributed by atoms with Gasteiger partial charge in [-0.1, -0.05) is 0 Å². The van der Waals surface area contributed by atoms with Crippen LogP contribution < -0.4 is 0 Å². The van der Waals surface area contributed by atoms with Crippen molar-refractivity contribution in [2.24, 2.45) is 0 Å². The SMILES string of the molecule is C[Se+](C)Cc1ccccc1Sc1ccc(Cl)cc1CO. The second-order valence-corrected chi connectivity index (χ2v) is 11.0. The molecule has 0 fully saturated rings. The molecule has 0 aliphatic carbocycles. The minimum absolute atomic E-state index is 0.0170. The molecule has 4 heteroatoms. The van der Waals surface area contributed by atoms with Crippen molar-refractivity contribution in [2.75, 3.05) is 0 Å². The predicted molar refractivity (Wildman–Crippen MR) is 89.1 cm³/mol. The first-order chi connectivity index (χ1) is 9.60. The third kappa shape index (κ3) is 4.28. The molecule has 106 valence electrons. The molecule has 0 radical (unpaired) electrons. The van der Waals surface area contributed by atoms with Crippen LogP contribution in [0.3, 0.4) is 0 Å². The summed E-state index contributed by atoms with van der Waals surface area (Å²) in [4.78, 5) is 2.36. The maximum atomic E-state index is 9.47. The molecule has 0 heterocycles. The van der Waals surface area contributed by atoms with Gasteiger partial charge in [0.25, 0.3) is 0 Å². The van der Waals surface area contributed by atoms with E-state index >= 15 is 0 Å². The average molecular weight is 373 g/mol.